The smallest absolute Gasteiger partial charge is 0.282 e. The highest BCUT2D eigenvalue weighted by molar-refractivity contribution is 9.13. The second-order valence-corrected chi connectivity index (χ2v) is 12.4. The van der Waals surface area contributed by atoms with Crippen molar-refractivity contribution in [1.82, 2.24) is 9.66 Å². The number of carbonyl (C=O) groups is 1. The Morgan fingerprint density at radius 1 is 1.02 bits per heavy atom. The third kappa shape index (κ3) is 6.44. The molecule has 0 spiro atoms. The van der Waals surface area contributed by atoms with Gasteiger partial charge in [-0.05, 0) is 93.4 Å². The first-order valence-corrected chi connectivity index (χ1v) is 15.9. The van der Waals surface area contributed by atoms with Gasteiger partial charge >= 0.3 is 0 Å². The number of fused-ring (bicyclic) bond motifs is 2. The van der Waals surface area contributed by atoms with E-state index in [1.807, 2.05) is 61.5 Å². The van der Waals surface area contributed by atoms with Crippen molar-refractivity contribution in [2.75, 3.05) is 19.0 Å². The van der Waals surface area contributed by atoms with Crippen LogP contribution >= 0.6 is 47.8 Å². The summed E-state index contributed by atoms with van der Waals surface area (Å²) in [5, 5.41) is 8.62. The Morgan fingerprint density at radius 2 is 1.80 bits per heavy atom. The molecular formula is C33H23Br3N4O5. The minimum Gasteiger partial charge on any atom is -0.493 e. The number of aromatic nitrogens is 2. The van der Waals surface area contributed by atoms with Crippen LogP contribution in [0.4, 0.5) is 5.69 Å². The summed E-state index contributed by atoms with van der Waals surface area (Å²) >= 11 is 10.6. The van der Waals surface area contributed by atoms with E-state index < -0.39 is 0 Å². The molecule has 0 radical (unpaired) electrons. The Bertz CT molecular complexity index is 2170. The van der Waals surface area contributed by atoms with Crippen LogP contribution in [-0.4, -0.2) is 35.5 Å². The molecule has 6 rings (SSSR count). The van der Waals surface area contributed by atoms with Crippen molar-refractivity contribution >= 4 is 87.5 Å². The van der Waals surface area contributed by atoms with Gasteiger partial charge in [-0.1, -0.05) is 45.8 Å². The first-order chi connectivity index (χ1) is 21.7. The van der Waals surface area contributed by atoms with Crippen LogP contribution in [0.2, 0.25) is 0 Å². The number of hydrogen-bond acceptors (Lipinski definition) is 7. The molecule has 0 aliphatic carbocycles. The lowest BCUT2D eigenvalue weighted by Crippen LogP contribution is -2.20. The van der Waals surface area contributed by atoms with Crippen molar-refractivity contribution < 1.29 is 18.7 Å². The number of ether oxygens (including phenoxy) is 2. The normalized spacial score (nSPS) is 11.4. The minimum atomic E-state index is -0.366. The number of benzene rings is 4. The van der Waals surface area contributed by atoms with E-state index >= 15 is 0 Å². The predicted molar refractivity (Wildman–Crippen MR) is 186 cm³/mol. The summed E-state index contributed by atoms with van der Waals surface area (Å²) in [5.74, 6) is 0.960. The molecule has 45 heavy (non-hydrogen) atoms. The zero-order valence-electron chi connectivity index (χ0n) is 23.8. The summed E-state index contributed by atoms with van der Waals surface area (Å²) in [6.07, 6.45) is 1.51. The number of hydrogen-bond donors (Lipinski definition) is 1. The number of furan rings is 1. The lowest BCUT2D eigenvalue weighted by molar-refractivity contribution is -0.118. The molecule has 0 saturated heterocycles. The number of rotatable bonds is 8. The fourth-order valence-electron chi connectivity index (χ4n) is 4.59. The van der Waals surface area contributed by atoms with E-state index in [1.54, 1.807) is 24.3 Å². The number of anilines is 1. The van der Waals surface area contributed by atoms with Crippen molar-refractivity contribution in [2.45, 2.75) is 6.92 Å². The Hall–Kier alpha value is -4.26. The molecule has 2 heterocycles. The van der Waals surface area contributed by atoms with Crippen LogP contribution in [0.1, 0.15) is 11.1 Å². The topological polar surface area (TPSA) is 108 Å². The summed E-state index contributed by atoms with van der Waals surface area (Å²) < 4.78 is 20.7. The van der Waals surface area contributed by atoms with E-state index in [9.17, 15) is 9.59 Å². The van der Waals surface area contributed by atoms with Gasteiger partial charge in [0.1, 0.15) is 5.58 Å². The molecule has 9 nitrogen and oxygen atoms in total. The highest BCUT2D eigenvalue weighted by atomic mass is 79.9. The first kappa shape index (κ1) is 30.8. The molecular weight excluding hydrogens is 772 g/mol. The second kappa shape index (κ2) is 13.0. The van der Waals surface area contributed by atoms with E-state index in [4.69, 9.17) is 18.9 Å². The summed E-state index contributed by atoms with van der Waals surface area (Å²) in [6.45, 7) is 1.72. The third-order valence-electron chi connectivity index (χ3n) is 6.82. The maximum Gasteiger partial charge on any atom is 0.282 e. The SMILES string of the molecule is COc1cc(C=Nn2c(-c3cc4cc(Br)ccc4o3)nc3ccccc3c2=O)c(Br)c(Br)c1OCC(=O)Nc1ccc(C)cc1. The van der Waals surface area contributed by atoms with E-state index in [2.05, 4.69) is 58.2 Å². The van der Waals surface area contributed by atoms with Gasteiger partial charge in [0.15, 0.2) is 23.9 Å². The molecule has 226 valence electrons. The Kier molecular flexibility index (Phi) is 8.88. The third-order valence-corrected chi connectivity index (χ3v) is 9.46. The minimum absolute atomic E-state index is 0.240. The number of nitrogens with zero attached hydrogens (tertiary/aromatic N) is 3. The van der Waals surface area contributed by atoms with E-state index in [1.165, 1.54) is 18.0 Å². The average Bonchev–Trinajstić information content (AvgIpc) is 3.46. The van der Waals surface area contributed by atoms with Crippen LogP contribution in [0.15, 0.2) is 107 Å². The highest BCUT2D eigenvalue weighted by Gasteiger charge is 2.20. The van der Waals surface area contributed by atoms with Crippen molar-refractivity contribution in [1.29, 1.82) is 0 Å². The molecule has 2 aromatic heterocycles. The number of nitrogens with one attached hydrogen (secondary N) is 1. The molecule has 0 unspecified atom stereocenters. The number of carbonyl (C=O) groups excluding carboxylic acids is 1. The molecule has 0 fully saturated rings. The number of methoxy groups -OCH3 is 1. The molecule has 0 aliphatic heterocycles. The molecule has 0 atom stereocenters. The number of para-hydroxylation sites is 1. The van der Waals surface area contributed by atoms with Gasteiger partial charge < -0.3 is 19.2 Å². The van der Waals surface area contributed by atoms with Crippen molar-refractivity contribution in [3.63, 3.8) is 0 Å². The average molecular weight is 795 g/mol. The summed E-state index contributed by atoms with van der Waals surface area (Å²) in [6, 6.07) is 23.7. The molecule has 0 bridgehead atoms. The molecule has 4 aromatic carbocycles. The number of amides is 1. The van der Waals surface area contributed by atoms with Crippen LogP contribution in [-0.2, 0) is 4.79 Å². The molecule has 0 saturated carbocycles. The standard InChI is InChI=1S/C33H23Br3N4O5/c1-18-7-10-22(11-8-18)38-28(41)17-44-31-26(43-2)15-20(29(35)30(31)36)16-37-40-32(39-24-6-4-3-5-23(24)33(40)42)27-14-19-13-21(34)9-12-25(19)45-27/h3-16H,17H2,1-2H3,(H,38,41). The van der Waals surface area contributed by atoms with Gasteiger partial charge in [0.05, 0.1) is 28.7 Å². The maximum absolute atomic E-state index is 13.7. The highest BCUT2D eigenvalue weighted by Crippen LogP contribution is 2.42. The lowest BCUT2D eigenvalue weighted by atomic mass is 10.2. The van der Waals surface area contributed by atoms with Crippen LogP contribution in [0, 0.1) is 6.92 Å². The van der Waals surface area contributed by atoms with Crippen LogP contribution < -0.4 is 20.3 Å². The van der Waals surface area contributed by atoms with Gasteiger partial charge in [-0.3, -0.25) is 9.59 Å². The Balaban J connectivity index is 1.34. The summed E-state index contributed by atoms with van der Waals surface area (Å²) in [4.78, 5) is 31.0. The fourth-order valence-corrected chi connectivity index (χ4v) is 5.91. The van der Waals surface area contributed by atoms with E-state index in [-0.39, 0.29) is 23.9 Å². The number of halogens is 3. The van der Waals surface area contributed by atoms with Gasteiger partial charge in [0.25, 0.3) is 11.5 Å². The molecule has 1 N–H and O–H groups in total. The predicted octanol–water partition coefficient (Wildman–Crippen LogP) is 8.31. The van der Waals surface area contributed by atoms with Gasteiger partial charge in [0.2, 0.25) is 5.82 Å². The molecule has 1 amide bonds. The molecule has 6 aromatic rings. The van der Waals surface area contributed by atoms with Gasteiger partial charge in [-0.25, -0.2) is 4.98 Å². The van der Waals surface area contributed by atoms with Crippen molar-refractivity contribution in [3.8, 4) is 23.1 Å². The van der Waals surface area contributed by atoms with Crippen LogP contribution in [0.3, 0.4) is 0 Å². The largest absolute Gasteiger partial charge is 0.493 e. The van der Waals surface area contributed by atoms with Gasteiger partial charge in [-0.2, -0.15) is 9.78 Å². The first-order valence-electron chi connectivity index (χ1n) is 13.5. The molecule has 12 heteroatoms. The summed E-state index contributed by atoms with van der Waals surface area (Å²) in [7, 11) is 1.49. The van der Waals surface area contributed by atoms with Crippen LogP contribution in [0.5, 0.6) is 11.5 Å². The van der Waals surface area contributed by atoms with Crippen molar-refractivity contribution in [3.05, 3.63) is 114 Å². The fraction of sp³-hybridized carbons (Fsp3) is 0.0909. The van der Waals surface area contributed by atoms with Gasteiger partial charge in [0, 0.05) is 25.6 Å². The Morgan fingerprint density at radius 3 is 2.58 bits per heavy atom. The number of aryl methyl sites for hydroxylation is 1. The van der Waals surface area contributed by atoms with E-state index in [0.29, 0.717) is 53.9 Å². The quantitative estimate of drug-likeness (QED) is 0.155. The zero-order chi connectivity index (χ0) is 31.7. The maximum atomic E-state index is 13.7. The zero-order valence-corrected chi connectivity index (χ0v) is 28.6. The lowest BCUT2D eigenvalue weighted by Gasteiger charge is -2.15. The van der Waals surface area contributed by atoms with E-state index in [0.717, 1.165) is 15.4 Å². The molecule has 0 aliphatic rings. The van der Waals surface area contributed by atoms with Crippen molar-refractivity contribution in [2.24, 2.45) is 5.10 Å². The summed E-state index contributed by atoms with van der Waals surface area (Å²) in [5.41, 5.74) is 3.12. The van der Waals surface area contributed by atoms with Gasteiger partial charge in [-0.15, -0.1) is 0 Å². The monoisotopic (exact) mass is 792 g/mol. The second-order valence-electron chi connectivity index (χ2n) is 9.93. The Labute approximate surface area is 282 Å². The van der Waals surface area contributed by atoms with Crippen LogP contribution in [0.25, 0.3) is 33.5 Å².